The molecule has 0 saturated heterocycles. The van der Waals surface area contributed by atoms with E-state index in [4.69, 9.17) is 4.74 Å². The van der Waals surface area contributed by atoms with Crippen LogP contribution in [0.4, 0.5) is 0 Å². The monoisotopic (exact) mass is 162 g/mol. The summed E-state index contributed by atoms with van der Waals surface area (Å²) in [5.41, 5.74) is 2.35. The number of ether oxygens (including phenoxy) is 1. The first-order valence-electron chi connectivity index (χ1n) is 4.09. The third-order valence-corrected chi connectivity index (χ3v) is 1.73. The van der Waals surface area contributed by atoms with Gasteiger partial charge in [0.05, 0.1) is 6.26 Å². The van der Waals surface area contributed by atoms with Crippen LogP contribution in [0.1, 0.15) is 18.1 Å². The highest BCUT2D eigenvalue weighted by molar-refractivity contribution is 5.40. The Labute approximate surface area is 73.7 Å². The molecule has 0 aliphatic carbocycles. The lowest BCUT2D eigenvalue weighted by Gasteiger charge is -2.06. The molecule has 1 nitrogen and oxygen atoms in total. The molecule has 0 bridgehead atoms. The molecule has 0 radical (unpaired) electrons. The lowest BCUT2D eigenvalue weighted by atomic mass is 10.1. The van der Waals surface area contributed by atoms with Crippen LogP contribution in [0, 0.1) is 13.8 Å². The molecule has 64 valence electrons. The van der Waals surface area contributed by atoms with Crippen molar-refractivity contribution in [3.8, 4) is 5.75 Å². The molecule has 0 N–H and O–H groups in total. The normalized spacial score (nSPS) is 10.6. The number of hydrogen-bond donors (Lipinski definition) is 0. The molecule has 0 saturated carbocycles. The Kier molecular flexibility index (Phi) is 2.92. The van der Waals surface area contributed by atoms with Crippen molar-refractivity contribution < 1.29 is 4.74 Å². The van der Waals surface area contributed by atoms with E-state index in [9.17, 15) is 0 Å². The van der Waals surface area contributed by atoms with Gasteiger partial charge in [-0.25, -0.2) is 0 Å². The summed E-state index contributed by atoms with van der Waals surface area (Å²) in [7, 11) is 0. The Bertz CT molecular complexity index is 267. The van der Waals surface area contributed by atoms with Crippen molar-refractivity contribution in [3.05, 3.63) is 41.7 Å². The summed E-state index contributed by atoms with van der Waals surface area (Å²) in [6.07, 6.45) is 3.58. The zero-order valence-corrected chi connectivity index (χ0v) is 7.79. The second-order valence-corrected chi connectivity index (χ2v) is 2.81. The van der Waals surface area contributed by atoms with Gasteiger partial charge in [-0.1, -0.05) is 24.3 Å². The smallest absolute Gasteiger partial charge is 0.132 e. The molecule has 0 heterocycles. The molecule has 1 aromatic rings. The van der Waals surface area contributed by atoms with Crippen LogP contribution < -0.4 is 4.74 Å². The first kappa shape index (κ1) is 8.85. The van der Waals surface area contributed by atoms with Gasteiger partial charge in [0.2, 0.25) is 0 Å². The fourth-order valence-corrected chi connectivity index (χ4v) is 1.12. The first-order chi connectivity index (χ1) is 5.75. The second kappa shape index (κ2) is 3.96. The number of benzene rings is 1. The van der Waals surface area contributed by atoms with Gasteiger partial charge in [0.15, 0.2) is 0 Å². The van der Waals surface area contributed by atoms with Crippen LogP contribution in [0.2, 0.25) is 0 Å². The van der Waals surface area contributed by atoms with Gasteiger partial charge < -0.3 is 4.74 Å². The van der Waals surface area contributed by atoms with Crippen molar-refractivity contribution in [1.29, 1.82) is 0 Å². The average Bonchev–Trinajstić information content (AvgIpc) is 2.04. The van der Waals surface area contributed by atoms with Crippen LogP contribution in [0.5, 0.6) is 5.75 Å². The van der Waals surface area contributed by atoms with E-state index in [2.05, 4.69) is 0 Å². The van der Waals surface area contributed by atoms with Crippen LogP contribution in [-0.4, -0.2) is 0 Å². The Hall–Kier alpha value is -1.24. The predicted octanol–water partition coefficient (Wildman–Crippen LogP) is 3.22. The average molecular weight is 162 g/mol. The number of rotatable bonds is 2. The fourth-order valence-electron chi connectivity index (χ4n) is 1.12. The van der Waals surface area contributed by atoms with E-state index in [1.807, 2.05) is 45.0 Å². The van der Waals surface area contributed by atoms with Gasteiger partial charge in [0.1, 0.15) is 5.75 Å². The van der Waals surface area contributed by atoms with Gasteiger partial charge in [-0.2, -0.15) is 0 Å². The Balaban J connectivity index is 2.96. The van der Waals surface area contributed by atoms with Crippen LogP contribution in [0.3, 0.4) is 0 Å². The summed E-state index contributed by atoms with van der Waals surface area (Å²) >= 11 is 0. The van der Waals surface area contributed by atoms with Crippen LogP contribution >= 0.6 is 0 Å². The molecule has 0 unspecified atom stereocenters. The number of para-hydroxylation sites is 1. The summed E-state index contributed by atoms with van der Waals surface area (Å²) in [6.45, 7) is 6.03. The quantitative estimate of drug-likeness (QED) is 0.607. The van der Waals surface area contributed by atoms with Crippen molar-refractivity contribution in [1.82, 2.24) is 0 Å². The zero-order chi connectivity index (χ0) is 8.97. The molecule has 0 amide bonds. The maximum absolute atomic E-state index is 5.44. The van der Waals surface area contributed by atoms with E-state index in [-0.39, 0.29) is 0 Å². The molecule has 0 aliphatic rings. The highest BCUT2D eigenvalue weighted by Gasteiger charge is 1.99. The highest BCUT2D eigenvalue weighted by Crippen LogP contribution is 2.22. The van der Waals surface area contributed by atoms with E-state index in [0.717, 1.165) is 5.75 Å². The first-order valence-corrected chi connectivity index (χ1v) is 4.09. The van der Waals surface area contributed by atoms with Crippen molar-refractivity contribution in [2.75, 3.05) is 0 Å². The van der Waals surface area contributed by atoms with Gasteiger partial charge in [-0.05, 0) is 31.9 Å². The molecule has 0 spiro atoms. The maximum atomic E-state index is 5.44. The number of allylic oxidation sites excluding steroid dienone is 1. The lowest BCUT2D eigenvalue weighted by Crippen LogP contribution is -1.88. The van der Waals surface area contributed by atoms with E-state index in [1.54, 1.807) is 6.26 Å². The highest BCUT2D eigenvalue weighted by atomic mass is 16.5. The van der Waals surface area contributed by atoms with Crippen molar-refractivity contribution in [3.63, 3.8) is 0 Å². The van der Waals surface area contributed by atoms with E-state index < -0.39 is 0 Å². The van der Waals surface area contributed by atoms with E-state index in [1.165, 1.54) is 11.1 Å². The van der Waals surface area contributed by atoms with Crippen molar-refractivity contribution in [2.45, 2.75) is 20.8 Å². The minimum atomic E-state index is 0.968. The number of aryl methyl sites for hydroxylation is 2. The summed E-state index contributed by atoms with van der Waals surface area (Å²) in [6, 6.07) is 6.13. The van der Waals surface area contributed by atoms with Gasteiger partial charge >= 0.3 is 0 Å². The van der Waals surface area contributed by atoms with E-state index in [0.29, 0.717) is 0 Å². The molecule has 12 heavy (non-hydrogen) atoms. The topological polar surface area (TPSA) is 9.23 Å². The number of hydrogen-bond acceptors (Lipinski definition) is 1. The lowest BCUT2D eigenvalue weighted by molar-refractivity contribution is 0.473. The molecular formula is C11H14O. The van der Waals surface area contributed by atoms with Crippen molar-refractivity contribution in [2.24, 2.45) is 0 Å². The van der Waals surface area contributed by atoms with Gasteiger partial charge in [0, 0.05) is 0 Å². The van der Waals surface area contributed by atoms with Gasteiger partial charge in [-0.15, -0.1) is 0 Å². The zero-order valence-electron chi connectivity index (χ0n) is 7.79. The third kappa shape index (κ3) is 1.88. The predicted molar refractivity (Wildman–Crippen MR) is 51.4 cm³/mol. The summed E-state index contributed by atoms with van der Waals surface area (Å²) in [5.74, 6) is 0.968. The Morgan fingerprint density at radius 3 is 2.25 bits per heavy atom. The maximum Gasteiger partial charge on any atom is 0.132 e. The minimum absolute atomic E-state index is 0.968. The van der Waals surface area contributed by atoms with E-state index >= 15 is 0 Å². The van der Waals surface area contributed by atoms with Crippen molar-refractivity contribution >= 4 is 0 Å². The molecule has 0 aliphatic heterocycles. The molecule has 0 atom stereocenters. The molecule has 1 aromatic carbocycles. The Morgan fingerprint density at radius 2 is 1.75 bits per heavy atom. The molecule has 1 rings (SSSR count). The summed E-state index contributed by atoms with van der Waals surface area (Å²) in [4.78, 5) is 0. The van der Waals surface area contributed by atoms with Crippen LogP contribution in [0.25, 0.3) is 0 Å². The molecule has 0 fully saturated rings. The SMILES string of the molecule is C/C=C\Oc1c(C)cccc1C. The Morgan fingerprint density at radius 1 is 1.17 bits per heavy atom. The molecule has 0 aromatic heterocycles. The minimum Gasteiger partial charge on any atom is -0.465 e. The van der Waals surface area contributed by atoms with Crippen LogP contribution in [-0.2, 0) is 0 Å². The summed E-state index contributed by atoms with van der Waals surface area (Å²) in [5, 5.41) is 0. The van der Waals surface area contributed by atoms with Gasteiger partial charge in [-0.3, -0.25) is 0 Å². The second-order valence-electron chi connectivity index (χ2n) is 2.81. The largest absolute Gasteiger partial charge is 0.465 e. The standard InChI is InChI=1S/C11H14O/c1-4-8-12-11-9(2)6-5-7-10(11)3/h4-8H,1-3H3/b8-4-. The third-order valence-electron chi connectivity index (χ3n) is 1.73. The fraction of sp³-hybridized carbons (Fsp3) is 0.273. The molecular weight excluding hydrogens is 148 g/mol. The molecule has 1 heteroatoms. The van der Waals surface area contributed by atoms with Crippen LogP contribution in [0.15, 0.2) is 30.5 Å². The summed E-state index contributed by atoms with van der Waals surface area (Å²) < 4.78 is 5.44. The van der Waals surface area contributed by atoms with Gasteiger partial charge in [0.25, 0.3) is 0 Å².